The number of benzene rings is 1. The summed E-state index contributed by atoms with van der Waals surface area (Å²) in [4.78, 5) is 2.47. The summed E-state index contributed by atoms with van der Waals surface area (Å²) in [5, 5.41) is 3.18. The Labute approximate surface area is 79.6 Å². The molecule has 70 valence electrons. The molecular formula is C11H16N2. The SMILES string of the molecule is CNCCN1Cc2ccccc2C1. The molecule has 0 unspecified atom stereocenters. The smallest absolute Gasteiger partial charge is 0.0241 e. The molecule has 13 heavy (non-hydrogen) atoms. The number of likely N-dealkylation sites (N-methyl/N-ethyl adjacent to an activating group) is 1. The van der Waals surface area contributed by atoms with Crippen molar-refractivity contribution in [2.24, 2.45) is 0 Å². The average Bonchev–Trinajstić information content (AvgIpc) is 2.57. The lowest BCUT2D eigenvalue weighted by atomic mass is 10.1. The van der Waals surface area contributed by atoms with Crippen molar-refractivity contribution in [3.8, 4) is 0 Å². The van der Waals surface area contributed by atoms with E-state index in [1.54, 1.807) is 0 Å². The number of fused-ring (bicyclic) bond motifs is 1. The van der Waals surface area contributed by atoms with Crippen LogP contribution in [0, 0.1) is 0 Å². The second-order valence-electron chi connectivity index (χ2n) is 3.58. The normalized spacial score (nSPS) is 16.1. The van der Waals surface area contributed by atoms with Crippen molar-refractivity contribution < 1.29 is 0 Å². The topological polar surface area (TPSA) is 15.3 Å². The number of nitrogens with one attached hydrogen (secondary N) is 1. The van der Waals surface area contributed by atoms with Gasteiger partial charge >= 0.3 is 0 Å². The quantitative estimate of drug-likeness (QED) is 0.745. The maximum atomic E-state index is 3.18. The fourth-order valence-corrected chi connectivity index (χ4v) is 1.83. The van der Waals surface area contributed by atoms with E-state index in [2.05, 4.69) is 34.5 Å². The van der Waals surface area contributed by atoms with Gasteiger partial charge in [0.15, 0.2) is 0 Å². The van der Waals surface area contributed by atoms with Crippen molar-refractivity contribution in [3.05, 3.63) is 35.4 Å². The van der Waals surface area contributed by atoms with Crippen molar-refractivity contribution in [2.75, 3.05) is 20.1 Å². The number of nitrogens with zero attached hydrogens (tertiary/aromatic N) is 1. The van der Waals surface area contributed by atoms with Crippen LogP contribution >= 0.6 is 0 Å². The van der Waals surface area contributed by atoms with Crippen molar-refractivity contribution >= 4 is 0 Å². The Morgan fingerprint density at radius 3 is 2.38 bits per heavy atom. The molecular weight excluding hydrogens is 160 g/mol. The number of hydrogen-bond acceptors (Lipinski definition) is 2. The van der Waals surface area contributed by atoms with Gasteiger partial charge in [0.2, 0.25) is 0 Å². The summed E-state index contributed by atoms with van der Waals surface area (Å²) in [6.45, 7) is 4.47. The Balaban J connectivity index is 1.97. The van der Waals surface area contributed by atoms with Gasteiger partial charge in [0.25, 0.3) is 0 Å². The largest absolute Gasteiger partial charge is 0.318 e. The predicted molar refractivity (Wildman–Crippen MR) is 54.5 cm³/mol. The van der Waals surface area contributed by atoms with Gasteiger partial charge in [-0.05, 0) is 18.2 Å². The molecule has 0 saturated heterocycles. The third kappa shape index (κ3) is 1.90. The third-order valence-electron chi connectivity index (χ3n) is 2.58. The van der Waals surface area contributed by atoms with E-state index in [0.717, 1.165) is 26.2 Å². The minimum absolute atomic E-state index is 1.08. The van der Waals surface area contributed by atoms with E-state index in [9.17, 15) is 0 Å². The summed E-state index contributed by atoms with van der Waals surface area (Å²) in [6.07, 6.45) is 0. The second kappa shape index (κ2) is 3.90. The molecule has 0 aromatic heterocycles. The summed E-state index contributed by atoms with van der Waals surface area (Å²) < 4.78 is 0. The maximum Gasteiger partial charge on any atom is 0.0241 e. The summed E-state index contributed by atoms with van der Waals surface area (Å²) in [5.74, 6) is 0. The zero-order valence-electron chi connectivity index (χ0n) is 8.09. The summed E-state index contributed by atoms with van der Waals surface area (Å²) >= 11 is 0. The highest BCUT2D eigenvalue weighted by atomic mass is 15.1. The van der Waals surface area contributed by atoms with Gasteiger partial charge in [0, 0.05) is 26.2 Å². The molecule has 1 aromatic rings. The molecule has 0 spiro atoms. The third-order valence-corrected chi connectivity index (χ3v) is 2.58. The first-order valence-electron chi connectivity index (χ1n) is 4.84. The minimum Gasteiger partial charge on any atom is -0.318 e. The minimum atomic E-state index is 1.08. The lowest BCUT2D eigenvalue weighted by Crippen LogP contribution is -2.26. The van der Waals surface area contributed by atoms with Crippen LogP contribution in [0.1, 0.15) is 11.1 Å². The average molecular weight is 176 g/mol. The second-order valence-corrected chi connectivity index (χ2v) is 3.58. The van der Waals surface area contributed by atoms with Crippen molar-refractivity contribution in [3.63, 3.8) is 0 Å². The zero-order chi connectivity index (χ0) is 9.10. The van der Waals surface area contributed by atoms with E-state index in [4.69, 9.17) is 0 Å². The molecule has 0 aliphatic carbocycles. The first-order chi connectivity index (χ1) is 6.40. The predicted octanol–water partition coefficient (Wildman–Crippen LogP) is 1.22. The summed E-state index contributed by atoms with van der Waals surface area (Å²) in [5.41, 5.74) is 3.00. The fraction of sp³-hybridized carbons (Fsp3) is 0.455. The Bertz CT molecular complexity index is 258. The molecule has 2 rings (SSSR count). The number of rotatable bonds is 3. The van der Waals surface area contributed by atoms with Gasteiger partial charge in [-0.15, -0.1) is 0 Å². The molecule has 2 nitrogen and oxygen atoms in total. The highest BCUT2D eigenvalue weighted by Gasteiger charge is 2.16. The van der Waals surface area contributed by atoms with E-state index in [0.29, 0.717) is 0 Å². The van der Waals surface area contributed by atoms with Crippen LogP contribution in [0.2, 0.25) is 0 Å². The van der Waals surface area contributed by atoms with Crippen LogP contribution < -0.4 is 5.32 Å². The van der Waals surface area contributed by atoms with E-state index in [1.165, 1.54) is 11.1 Å². The maximum absolute atomic E-state index is 3.18. The fourth-order valence-electron chi connectivity index (χ4n) is 1.83. The highest BCUT2D eigenvalue weighted by Crippen LogP contribution is 2.21. The highest BCUT2D eigenvalue weighted by molar-refractivity contribution is 5.30. The Hall–Kier alpha value is -0.860. The van der Waals surface area contributed by atoms with Crippen LogP contribution in [0.4, 0.5) is 0 Å². The Morgan fingerprint density at radius 1 is 1.23 bits per heavy atom. The van der Waals surface area contributed by atoms with Crippen LogP contribution in [0.5, 0.6) is 0 Å². The van der Waals surface area contributed by atoms with Crippen molar-refractivity contribution in [2.45, 2.75) is 13.1 Å². The van der Waals surface area contributed by atoms with E-state index >= 15 is 0 Å². The first kappa shape index (κ1) is 8.73. The van der Waals surface area contributed by atoms with Gasteiger partial charge in [0.05, 0.1) is 0 Å². The van der Waals surface area contributed by atoms with Crippen LogP contribution in [0.3, 0.4) is 0 Å². The standard InChI is InChI=1S/C11H16N2/c1-12-6-7-13-8-10-4-2-3-5-11(10)9-13/h2-5,12H,6-9H2,1H3. The van der Waals surface area contributed by atoms with Crippen LogP contribution in [0.25, 0.3) is 0 Å². The van der Waals surface area contributed by atoms with E-state index in [-0.39, 0.29) is 0 Å². The summed E-state index contributed by atoms with van der Waals surface area (Å²) in [7, 11) is 2.00. The molecule has 1 aromatic carbocycles. The van der Waals surface area contributed by atoms with Crippen LogP contribution in [0.15, 0.2) is 24.3 Å². The van der Waals surface area contributed by atoms with Gasteiger partial charge < -0.3 is 5.32 Å². The molecule has 0 saturated carbocycles. The van der Waals surface area contributed by atoms with E-state index < -0.39 is 0 Å². The van der Waals surface area contributed by atoms with Crippen LogP contribution in [-0.2, 0) is 13.1 Å². The Morgan fingerprint density at radius 2 is 1.85 bits per heavy atom. The molecule has 0 bridgehead atoms. The molecule has 1 N–H and O–H groups in total. The lowest BCUT2D eigenvalue weighted by molar-refractivity contribution is 0.286. The van der Waals surface area contributed by atoms with Gasteiger partial charge in [-0.25, -0.2) is 0 Å². The molecule has 1 aliphatic rings. The number of hydrogen-bond donors (Lipinski definition) is 1. The zero-order valence-corrected chi connectivity index (χ0v) is 8.09. The molecule has 0 atom stereocenters. The molecule has 1 aliphatic heterocycles. The molecule has 0 fully saturated rings. The van der Waals surface area contributed by atoms with Gasteiger partial charge in [-0.1, -0.05) is 24.3 Å². The molecule has 1 heterocycles. The van der Waals surface area contributed by atoms with Crippen molar-refractivity contribution in [1.82, 2.24) is 10.2 Å². The van der Waals surface area contributed by atoms with E-state index in [1.807, 2.05) is 7.05 Å². The van der Waals surface area contributed by atoms with Gasteiger partial charge in [0.1, 0.15) is 0 Å². The van der Waals surface area contributed by atoms with Crippen LogP contribution in [-0.4, -0.2) is 25.0 Å². The molecule has 2 heteroatoms. The molecule has 0 amide bonds. The Kier molecular flexibility index (Phi) is 2.62. The lowest BCUT2D eigenvalue weighted by Gasteiger charge is -2.13. The molecule has 0 radical (unpaired) electrons. The first-order valence-corrected chi connectivity index (χ1v) is 4.84. The summed E-state index contributed by atoms with van der Waals surface area (Å²) in [6, 6.07) is 8.71. The van der Waals surface area contributed by atoms with Crippen molar-refractivity contribution in [1.29, 1.82) is 0 Å². The monoisotopic (exact) mass is 176 g/mol. The van der Waals surface area contributed by atoms with Gasteiger partial charge in [-0.3, -0.25) is 4.90 Å². The van der Waals surface area contributed by atoms with Gasteiger partial charge in [-0.2, -0.15) is 0 Å².